The van der Waals surface area contributed by atoms with Gasteiger partial charge in [-0.15, -0.1) is 0 Å². The number of benzene rings is 2. The van der Waals surface area contributed by atoms with Crippen molar-refractivity contribution in [2.45, 2.75) is 71.1 Å². The lowest BCUT2D eigenvalue weighted by atomic mass is 9.89. The largest absolute Gasteiger partial charge is 0.454 e. The predicted octanol–water partition coefficient (Wildman–Crippen LogP) is 5.49. The Labute approximate surface area is 185 Å². The average molecular weight is 445 g/mol. The summed E-state index contributed by atoms with van der Waals surface area (Å²) in [5, 5.41) is 4.22. The van der Waals surface area contributed by atoms with Crippen LogP contribution in [0.15, 0.2) is 40.3 Å². The first-order chi connectivity index (χ1) is 14.5. The van der Waals surface area contributed by atoms with Gasteiger partial charge in [-0.3, -0.25) is 0 Å². The van der Waals surface area contributed by atoms with Crippen LogP contribution in [0.3, 0.4) is 0 Å². The van der Waals surface area contributed by atoms with Crippen molar-refractivity contribution in [2.24, 2.45) is 5.10 Å². The van der Waals surface area contributed by atoms with Crippen LogP contribution in [0.25, 0.3) is 0 Å². The molecule has 1 N–H and O–H groups in total. The molecule has 0 saturated heterocycles. The summed E-state index contributed by atoms with van der Waals surface area (Å²) >= 11 is 0. The van der Waals surface area contributed by atoms with Gasteiger partial charge in [-0.2, -0.15) is 18.4 Å². The lowest BCUT2D eigenvalue weighted by molar-refractivity contribution is 0.174. The standard InChI is InChI=1S/C24H32N2O4S/c1-14(2)18-11-20(15(3)4)24(21(12-18)16(5)6)31(27,28)26-25-17(7)19-9-8-10-22-23(19)30-13-29-22/h8-12,14-16,26H,13H2,1-7H3/b25-17-. The van der Waals surface area contributed by atoms with Crippen LogP contribution in [0.1, 0.15) is 88.5 Å². The molecule has 1 heterocycles. The summed E-state index contributed by atoms with van der Waals surface area (Å²) < 4.78 is 37.8. The van der Waals surface area contributed by atoms with Gasteiger partial charge >= 0.3 is 0 Å². The van der Waals surface area contributed by atoms with Crippen molar-refractivity contribution >= 4 is 15.7 Å². The fourth-order valence-electron chi connectivity index (χ4n) is 3.65. The van der Waals surface area contributed by atoms with E-state index in [0.717, 1.165) is 16.7 Å². The smallest absolute Gasteiger partial charge is 0.277 e. The summed E-state index contributed by atoms with van der Waals surface area (Å²) in [6.45, 7) is 14.2. The molecular formula is C24H32N2O4S. The van der Waals surface area contributed by atoms with Crippen LogP contribution >= 0.6 is 0 Å². The molecule has 0 atom stereocenters. The van der Waals surface area contributed by atoms with Gasteiger partial charge in [-0.1, -0.05) is 59.7 Å². The normalized spacial score (nSPS) is 14.1. The first-order valence-corrected chi connectivity index (χ1v) is 12.1. The highest BCUT2D eigenvalue weighted by atomic mass is 32.2. The third kappa shape index (κ3) is 4.71. The van der Waals surface area contributed by atoms with Crippen LogP contribution in [0.2, 0.25) is 0 Å². The molecule has 0 radical (unpaired) electrons. The minimum Gasteiger partial charge on any atom is -0.454 e. The number of fused-ring (bicyclic) bond motifs is 1. The zero-order chi connectivity index (χ0) is 22.9. The van der Waals surface area contributed by atoms with Crippen molar-refractivity contribution in [1.29, 1.82) is 0 Å². The van der Waals surface area contributed by atoms with Gasteiger partial charge in [0.05, 0.1) is 10.6 Å². The van der Waals surface area contributed by atoms with E-state index in [0.29, 0.717) is 33.6 Å². The Kier molecular flexibility index (Phi) is 6.65. The fraction of sp³-hybridized carbons (Fsp3) is 0.458. The molecule has 168 valence electrons. The molecule has 0 aliphatic carbocycles. The second-order valence-electron chi connectivity index (χ2n) is 8.82. The Morgan fingerprint density at radius 3 is 2.13 bits per heavy atom. The van der Waals surface area contributed by atoms with E-state index in [-0.39, 0.29) is 18.6 Å². The molecule has 0 saturated carbocycles. The minimum atomic E-state index is -3.88. The van der Waals surface area contributed by atoms with Crippen molar-refractivity contribution < 1.29 is 17.9 Å². The van der Waals surface area contributed by atoms with Crippen LogP contribution in [0.5, 0.6) is 11.5 Å². The summed E-state index contributed by atoms with van der Waals surface area (Å²) in [5.74, 6) is 1.62. The monoisotopic (exact) mass is 444 g/mol. The van der Waals surface area contributed by atoms with Gasteiger partial charge in [-0.05, 0) is 53.5 Å². The number of hydrogen-bond acceptors (Lipinski definition) is 5. The van der Waals surface area contributed by atoms with Crippen LogP contribution < -0.4 is 14.3 Å². The lowest BCUT2D eigenvalue weighted by Crippen LogP contribution is -2.24. The summed E-state index contributed by atoms with van der Waals surface area (Å²) in [5.41, 5.74) is 3.96. The molecular weight excluding hydrogens is 412 g/mol. The number of ether oxygens (including phenoxy) is 2. The van der Waals surface area contributed by atoms with Gasteiger partial charge in [0.2, 0.25) is 6.79 Å². The van der Waals surface area contributed by atoms with Gasteiger partial charge < -0.3 is 9.47 Å². The quantitative estimate of drug-likeness (QED) is 0.453. The highest BCUT2D eigenvalue weighted by Crippen LogP contribution is 2.36. The zero-order valence-corrected chi connectivity index (χ0v) is 20.1. The average Bonchev–Trinajstić information content (AvgIpc) is 3.19. The molecule has 0 aromatic heterocycles. The second-order valence-corrected chi connectivity index (χ2v) is 10.4. The van der Waals surface area contributed by atoms with E-state index in [2.05, 4.69) is 23.8 Å². The summed E-state index contributed by atoms with van der Waals surface area (Å²) in [4.78, 5) is 2.80. The summed E-state index contributed by atoms with van der Waals surface area (Å²) in [7, 11) is -3.88. The molecule has 6 nitrogen and oxygen atoms in total. The van der Waals surface area contributed by atoms with Gasteiger partial charge in [0.25, 0.3) is 10.0 Å². The van der Waals surface area contributed by atoms with Crippen LogP contribution in [0.4, 0.5) is 0 Å². The van der Waals surface area contributed by atoms with Gasteiger partial charge in [-0.25, -0.2) is 0 Å². The molecule has 2 aromatic carbocycles. The van der Waals surface area contributed by atoms with E-state index in [9.17, 15) is 8.42 Å². The van der Waals surface area contributed by atoms with Gasteiger partial charge in [0, 0.05) is 5.56 Å². The molecule has 2 aromatic rings. The number of nitrogens with one attached hydrogen (secondary N) is 1. The Hall–Kier alpha value is -2.54. The van der Waals surface area contributed by atoms with Gasteiger partial charge in [0.15, 0.2) is 11.5 Å². The van der Waals surface area contributed by atoms with E-state index in [1.54, 1.807) is 6.92 Å². The van der Waals surface area contributed by atoms with Crippen molar-refractivity contribution in [3.05, 3.63) is 52.6 Å². The number of sulfonamides is 1. The Balaban J connectivity index is 2.06. The molecule has 1 aliphatic heterocycles. The first kappa shape index (κ1) is 23.1. The summed E-state index contributed by atoms with van der Waals surface area (Å²) in [6.07, 6.45) is 0. The van der Waals surface area contributed by atoms with Crippen molar-refractivity contribution in [3.63, 3.8) is 0 Å². The molecule has 31 heavy (non-hydrogen) atoms. The molecule has 0 spiro atoms. The SMILES string of the molecule is C/C(=N/NS(=O)(=O)c1c(C(C)C)cc(C(C)C)cc1C(C)C)c1cccc2c1OCO2. The fourth-order valence-corrected chi connectivity index (χ4v) is 5.21. The molecule has 0 fully saturated rings. The maximum absolute atomic E-state index is 13.5. The number of para-hydroxylation sites is 1. The van der Waals surface area contributed by atoms with E-state index >= 15 is 0 Å². The zero-order valence-electron chi connectivity index (χ0n) is 19.3. The molecule has 7 heteroatoms. The van der Waals surface area contributed by atoms with Crippen molar-refractivity contribution in [1.82, 2.24) is 4.83 Å². The number of hydrogen-bond donors (Lipinski definition) is 1. The Bertz CT molecular complexity index is 1070. The van der Waals surface area contributed by atoms with E-state index in [4.69, 9.17) is 9.47 Å². The van der Waals surface area contributed by atoms with Crippen LogP contribution in [-0.2, 0) is 10.0 Å². The molecule has 0 amide bonds. The molecule has 0 bridgehead atoms. The van der Waals surface area contributed by atoms with Gasteiger partial charge in [0.1, 0.15) is 0 Å². The maximum Gasteiger partial charge on any atom is 0.277 e. The molecule has 3 rings (SSSR count). The van der Waals surface area contributed by atoms with E-state index in [1.165, 1.54) is 0 Å². The van der Waals surface area contributed by atoms with Crippen LogP contribution in [-0.4, -0.2) is 20.9 Å². The first-order valence-electron chi connectivity index (χ1n) is 10.7. The lowest BCUT2D eigenvalue weighted by Gasteiger charge is -2.22. The third-order valence-electron chi connectivity index (χ3n) is 5.47. The maximum atomic E-state index is 13.5. The van der Waals surface area contributed by atoms with E-state index in [1.807, 2.05) is 58.0 Å². The topological polar surface area (TPSA) is 77.0 Å². The Morgan fingerprint density at radius 1 is 0.968 bits per heavy atom. The van der Waals surface area contributed by atoms with Crippen molar-refractivity contribution in [2.75, 3.05) is 6.79 Å². The van der Waals surface area contributed by atoms with E-state index < -0.39 is 10.0 Å². The number of hydrazone groups is 1. The highest BCUT2D eigenvalue weighted by Gasteiger charge is 2.27. The van der Waals surface area contributed by atoms with Crippen LogP contribution in [0, 0.1) is 0 Å². The highest BCUT2D eigenvalue weighted by molar-refractivity contribution is 7.89. The number of nitrogens with zero attached hydrogens (tertiary/aromatic N) is 1. The minimum absolute atomic E-state index is 0.0517. The van der Waals surface area contributed by atoms with Crippen molar-refractivity contribution in [3.8, 4) is 11.5 Å². The predicted molar refractivity (Wildman–Crippen MR) is 124 cm³/mol. The Morgan fingerprint density at radius 2 is 1.58 bits per heavy atom. The summed E-state index contributed by atoms with van der Waals surface area (Å²) in [6, 6.07) is 9.50. The molecule has 0 unspecified atom stereocenters. The second kappa shape index (κ2) is 8.91. The third-order valence-corrected chi connectivity index (χ3v) is 6.81. The number of rotatable bonds is 7. The molecule has 1 aliphatic rings.